The Morgan fingerprint density at radius 1 is 0.522 bits per heavy atom. The van der Waals surface area contributed by atoms with Gasteiger partial charge >= 0.3 is 0 Å². The Labute approximate surface area is 405 Å². The molecule has 10 rings (SSSR count). The monoisotopic (exact) mass is 919 g/mol. The number of allylic oxidation sites excluding steroid dienone is 4. The molecular weight excluding hydrogens is 853 g/mol. The minimum atomic E-state index is -0.731. The lowest BCUT2D eigenvalue weighted by Gasteiger charge is -2.37. The summed E-state index contributed by atoms with van der Waals surface area (Å²) in [6.45, 7) is 26.0. The van der Waals surface area contributed by atoms with Crippen LogP contribution in [0.15, 0.2) is 90.4 Å². The minimum absolute atomic E-state index is 0.141. The Hall–Kier alpha value is -6.54. The van der Waals surface area contributed by atoms with Gasteiger partial charge in [-0.3, -0.25) is 9.59 Å². The number of hydrogen-bond donors (Lipinski definition) is 4. The van der Waals surface area contributed by atoms with Crippen molar-refractivity contribution in [1.29, 1.82) is 0 Å². The summed E-state index contributed by atoms with van der Waals surface area (Å²) in [6.07, 6.45) is 3.09. The van der Waals surface area contributed by atoms with Gasteiger partial charge in [-0.25, -0.2) is 9.98 Å². The molecule has 0 unspecified atom stereocenters. The fourth-order valence-corrected chi connectivity index (χ4v) is 12.5. The van der Waals surface area contributed by atoms with E-state index in [4.69, 9.17) is 0 Å². The molecule has 4 aromatic carbocycles. The second-order valence-electron chi connectivity index (χ2n) is 22.7. The summed E-state index contributed by atoms with van der Waals surface area (Å²) in [4.78, 5) is 37.6. The average Bonchev–Trinajstić information content (AvgIpc) is 3.45. The van der Waals surface area contributed by atoms with Gasteiger partial charge in [0.2, 0.25) is 22.0 Å². The van der Waals surface area contributed by atoms with Gasteiger partial charge in [0.1, 0.15) is 0 Å². The molecule has 2 heterocycles. The van der Waals surface area contributed by atoms with E-state index in [1.807, 2.05) is 56.3 Å². The summed E-state index contributed by atoms with van der Waals surface area (Å²) in [6, 6.07) is 26.3. The third-order valence-corrected chi connectivity index (χ3v) is 14.8. The van der Waals surface area contributed by atoms with E-state index in [1.54, 1.807) is 0 Å². The highest BCUT2D eigenvalue weighted by atomic mass is 16.3. The van der Waals surface area contributed by atoms with Crippen LogP contribution in [0.2, 0.25) is 0 Å². The van der Waals surface area contributed by atoms with Crippen LogP contribution in [0, 0.1) is 37.5 Å². The number of hydrogen-bond acceptors (Lipinski definition) is 6. The Bertz CT molecular complexity index is 3510. The predicted molar refractivity (Wildman–Crippen MR) is 274 cm³/mol. The van der Waals surface area contributed by atoms with E-state index in [0.29, 0.717) is 63.2 Å². The largest absolute Gasteiger partial charge is 0.871 e. The van der Waals surface area contributed by atoms with Crippen LogP contribution < -0.4 is 52.0 Å². The average molecular weight is 919 g/mol. The SMILES string of the molecule is Cc1cc(C2=C([O-])/C(=c3\ccc4ccc(C5=C([O-])/C(=c6\ccc7cccc8c7c6=[NH+]C(CC(C)C)(CC(C)C)N8)C5=O)c5c4c3=[NH+]C(CC(C)C)(CC(C)C)N5)C2=O)c2c(C)ccc(C(C)C)cc1-2. The van der Waals surface area contributed by atoms with Crippen molar-refractivity contribution in [1.82, 2.24) is 0 Å². The molecule has 0 amide bonds. The molecule has 0 bridgehead atoms. The Kier molecular flexibility index (Phi) is 11.1. The first kappa shape index (κ1) is 46.2. The first-order valence-corrected chi connectivity index (χ1v) is 25.2. The van der Waals surface area contributed by atoms with Crippen molar-refractivity contribution in [2.75, 3.05) is 10.6 Å². The number of nitrogens with one attached hydrogen (secondary N) is 4. The molecule has 0 aromatic heterocycles. The molecule has 0 saturated heterocycles. The van der Waals surface area contributed by atoms with Crippen molar-refractivity contribution in [2.45, 2.75) is 126 Å². The molecule has 4 N–H and O–H groups in total. The normalized spacial score (nSPS) is 18.7. The van der Waals surface area contributed by atoms with Gasteiger partial charge in [-0.15, -0.1) is 0 Å². The van der Waals surface area contributed by atoms with E-state index in [0.717, 1.165) is 67.7 Å². The maximum atomic E-state index is 15.0. The molecule has 354 valence electrons. The molecule has 4 aromatic rings. The summed E-state index contributed by atoms with van der Waals surface area (Å²) < 4.78 is 0. The highest BCUT2D eigenvalue weighted by Crippen LogP contribution is 2.46. The Morgan fingerprint density at radius 2 is 1.03 bits per heavy atom. The quantitative estimate of drug-likeness (QED) is 0.133. The number of rotatable bonds is 11. The Morgan fingerprint density at radius 3 is 1.57 bits per heavy atom. The van der Waals surface area contributed by atoms with E-state index < -0.39 is 11.3 Å². The number of benzene rings is 4. The van der Waals surface area contributed by atoms with Gasteiger partial charge < -0.3 is 20.8 Å². The number of carbonyl (C=O) groups excluding carboxylic acids is 2. The second-order valence-corrected chi connectivity index (χ2v) is 22.7. The molecule has 0 radical (unpaired) electrons. The zero-order valence-corrected chi connectivity index (χ0v) is 42.4. The van der Waals surface area contributed by atoms with Crippen LogP contribution in [0.1, 0.15) is 129 Å². The molecular formula is C61H66N4O4. The molecule has 0 atom stereocenters. The van der Waals surface area contributed by atoms with E-state index in [9.17, 15) is 9.90 Å². The lowest BCUT2D eigenvalue weighted by molar-refractivity contribution is -0.589. The molecule has 2 aliphatic heterocycles. The minimum Gasteiger partial charge on any atom is -0.871 e. The lowest BCUT2D eigenvalue weighted by Crippen LogP contribution is -2.96. The molecule has 0 saturated carbocycles. The van der Waals surface area contributed by atoms with E-state index in [2.05, 4.69) is 126 Å². The van der Waals surface area contributed by atoms with Crippen LogP contribution >= 0.6 is 0 Å². The lowest BCUT2D eigenvalue weighted by atomic mass is 9.78. The molecule has 69 heavy (non-hydrogen) atoms. The van der Waals surface area contributed by atoms with Crippen LogP contribution in [0.5, 0.6) is 0 Å². The topological polar surface area (TPSA) is 132 Å². The summed E-state index contributed by atoms with van der Waals surface area (Å²) in [7, 11) is 0. The van der Waals surface area contributed by atoms with Gasteiger partial charge in [-0.1, -0.05) is 141 Å². The first-order valence-electron chi connectivity index (χ1n) is 25.2. The van der Waals surface area contributed by atoms with Crippen LogP contribution in [-0.2, 0) is 9.59 Å². The first-order chi connectivity index (χ1) is 32.7. The molecule has 8 heteroatoms. The van der Waals surface area contributed by atoms with Gasteiger partial charge in [0, 0.05) is 53.5 Å². The van der Waals surface area contributed by atoms with Crippen LogP contribution in [-0.4, -0.2) is 22.9 Å². The van der Waals surface area contributed by atoms with Gasteiger partial charge in [-0.2, -0.15) is 0 Å². The van der Waals surface area contributed by atoms with Crippen molar-refractivity contribution in [3.63, 3.8) is 0 Å². The third-order valence-electron chi connectivity index (χ3n) is 14.8. The number of carbonyl (C=O) groups is 2. The van der Waals surface area contributed by atoms with Crippen molar-refractivity contribution in [3.8, 4) is 11.1 Å². The molecule has 8 nitrogen and oxygen atoms in total. The third kappa shape index (κ3) is 7.39. The van der Waals surface area contributed by atoms with E-state index in [-0.39, 0.29) is 57.2 Å². The predicted octanol–water partition coefficient (Wildman–Crippen LogP) is 5.68. The number of ketones is 2. The van der Waals surface area contributed by atoms with Gasteiger partial charge in [-0.05, 0) is 106 Å². The van der Waals surface area contributed by atoms with Crippen LogP contribution in [0.3, 0.4) is 0 Å². The fraction of sp³-hybridized carbons (Fsp3) is 0.377. The van der Waals surface area contributed by atoms with Crippen molar-refractivity contribution < 1.29 is 29.8 Å². The smallest absolute Gasteiger partial charge is 0.235 e. The summed E-state index contributed by atoms with van der Waals surface area (Å²) in [5.41, 5.74) is 7.60. The maximum Gasteiger partial charge on any atom is 0.235 e. The molecule has 6 aliphatic rings. The fourth-order valence-electron chi connectivity index (χ4n) is 12.5. The molecule has 4 aliphatic carbocycles. The van der Waals surface area contributed by atoms with E-state index in [1.165, 1.54) is 5.56 Å². The van der Waals surface area contributed by atoms with Gasteiger partial charge in [0.05, 0.1) is 32.6 Å². The Balaban J connectivity index is 1.22. The highest BCUT2D eigenvalue weighted by molar-refractivity contribution is 6.53. The summed E-state index contributed by atoms with van der Waals surface area (Å²) >= 11 is 0. The maximum absolute atomic E-state index is 15.0. The van der Waals surface area contributed by atoms with Crippen molar-refractivity contribution in [2.24, 2.45) is 23.7 Å². The molecule has 0 spiro atoms. The zero-order chi connectivity index (χ0) is 49.2. The standard InChI is InChI=1S/C61H66N4O4/c1-30(2)26-60(27-31(3)4)62-45-15-13-14-37-18-21-40(53(63-60)47(37)45)49-56(66)50(57(49)67)41-22-19-38-20-23-42(55-48(38)54(41)64-61(65-55,28-32(5)6)29-33(7)8)51-58(68)52(59(51)69)44-24-36(12)43-25-39(34(9)10)17-16-35(11)46(43)44/h13-25,30-34,62,64,66,68H,26-29H2,1-12H3/b49-40-,51-42-. The molecule has 0 fully saturated rings. The van der Waals surface area contributed by atoms with Crippen LogP contribution in [0.4, 0.5) is 11.4 Å². The zero-order valence-electron chi connectivity index (χ0n) is 42.4. The number of aryl methyl sites for hydroxylation is 2. The summed E-state index contributed by atoms with van der Waals surface area (Å²) in [5, 5.41) is 43.8. The summed E-state index contributed by atoms with van der Waals surface area (Å²) in [5.74, 6) is 0.416. The number of anilines is 2. The van der Waals surface area contributed by atoms with Gasteiger partial charge in [0.25, 0.3) is 0 Å². The number of fused-ring (bicyclic) bond motifs is 1. The van der Waals surface area contributed by atoms with E-state index >= 15 is 9.90 Å². The van der Waals surface area contributed by atoms with Crippen molar-refractivity contribution >= 4 is 66.8 Å². The highest BCUT2D eigenvalue weighted by Gasteiger charge is 2.45. The van der Waals surface area contributed by atoms with Gasteiger partial charge in [0.15, 0.2) is 11.6 Å². The number of Topliss-reactive ketones (excluding diaryl/α,β-unsaturated/α-hetero) is 2. The van der Waals surface area contributed by atoms with Crippen molar-refractivity contribution in [3.05, 3.63) is 139 Å². The second kappa shape index (κ2) is 16.6. The van der Waals surface area contributed by atoms with Crippen LogP contribution in [0.25, 0.3) is 55.0 Å².